The van der Waals surface area contributed by atoms with E-state index in [-0.39, 0.29) is 0 Å². The van der Waals surface area contributed by atoms with Crippen molar-refractivity contribution in [3.05, 3.63) is 35.4 Å². The number of esters is 2. The van der Waals surface area contributed by atoms with Crippen LogP contribution in [0.25, 0.3) is 0 Å². The summed E-state index contributed by atoms with van der Waals surface area (Å²) in [5.74, 6) is -0.957. The van der Waals surface area contributed by atoms with Crippen LogP contribution < -0.4 is 0 Å². The highest BCUT2D eigenvalue weighted by molar-refractivity contribution is 5.96. The van der Waals surface area contributed by atoms with E-state index in [4.69, 9.17) is 4.74 Å². The quantitative estimate of drug-likeness (QED) is 0.151. The third kappa shape index (κ3) is 14.1. The van der Waals surface area contributed by atoms with E-state index in [1.165, 1.54) is 77.0 Å². The third-order valence-electron chi connectivity index (χ3n) is 5.48. The van der Waals surface area contributed by atoms with Crippen molar-refractivity contribution < 1.29 is 14.3 Å². The summed E-state index contributed by atoms with van der Waals surface area (Å²) in [7, 11) is 0. The molecule has 0 aliphatic heterocycles. The minimum Gasteiger partial charge on any atom is -0.389 e. The Labute approximate surface area is 178 Å². The molecule has 0 atom stereocenters. The topological polar surface area (TPSA) is 43.4 Å². The van der Waals surface area contributed by atoms with E-state index >= 15 is 0 Å². The van der Waals surface area contributed by atoms with Crippen LogP contribution in [-0.4, -0.2) is 11.9 Å². The first kappa shape index (κ1) is 25.4. The van der Waals surface area contributed by atoms with Crippen LogP contribution in [0.15, 0.2) is 24.3 Å². The molecule has 0 unspecified atom stereocenters. The van der Waals surface area contributed by atoms with Gasteiger partial charge in [-0.1, -0.05) is 115 Å². The van der Waals surface area contributed by atoms with Crippen molar-refractivity contribution in [1.82, 2.24) is 0 Å². The molecule has 1 aromatic rings. The summed E-state index contributed by atoms with van der Waals surface area (Å²) in [6.45, 7) is 4.22. The summed E-state index contributed by atoms with van der Waals surface area (Å²) in [6.07, 6.45) is 19.7. The number of ether oxygens (including phenoxy) is 1. The van der Waals surface area contributed by atoms with Gasteiger partial charge in [-0.2, -0.15) is 0 Å². The van der Waals surface area contributed by atoms with Gasteiger partial charge in [0, 0.05) is 6.42 Å². The van der Waals surface area contributed by atoms with Gasteiger partial charge in [0.1, 0.15) is 0 Å². The van der Waals surface area contributed by atoms with Crippen LogP contribution in [0.3, 0.4) is 0 Å². The molecule has 0 amide bonds. The molecule has 3 heteroatoms. The second kappa shape index (κ2) is 17.2. The van der Waals surface area contributed by atoms with Gasteiger partial charge in [0.2, 0.25) is 0 Å². The molecule has 0 radical (unpaired) electrons. The van der Waals surface area contributed by atoms with Crippen molar-refractivity contribution in [3.63, 3.8) is 0 Å². The Morgan fingerprint density at radius 2 is 1.07 bits per heavy atom. The standard InChI is InChI=1S/C26H42O3/c1-3-4-5-6-7-8-9-10-11-12-13-14-15-16-17-18-25(27)29-26(28)24-21-19-23(2)20-22-24/h19-22H,3-18H2,1-2H3. The molecule has 1 aromatic carbocycles. The van der Waals surface area contributed by atoms with Crippen molar-refractivity contribution >= 4 is 11.9 Å². The number of benzene rings is 1. The molecule has 0 saturated carbocycles. The Balaban J connectivity index is 1.87. The first-order valence-corrected chi connectivity index (χ1v) is 11.9. The molecule has 0 spiro atoms. The molecular weight excluding hydrogens is 360 g/mol. The lowest BCUT2D eigenvalue weighted by atomic mass is 10.0. The van der Waals surface area contributed by atoms with E-state index in [1.807, 2.05) is 19.1 Å². The molecule has 0 aromatic heterocycles. The Morgan fingerprint density at radius 3 is 1.52 bits per heavy atom. The van der Waals surface area contributed by atoms with Gasteiger partial charge in [0.05, 0.1) is 5.56 Å². The lowest BCUT2D eigenvalue weighted by Gasteiger charge is -2.04. The molecule has 0 fully saturated rings. The van der Waals surface area contributed by atoms with Gasteiger partial charge in [0.25, 0.3) is 0 Å². The minimum absolute atomic E-state index is 0.329. The lowest BCUT2D eigenvalue weighted by molar-refractivity contribution is -0.138. The molecule has 0 aliphatic carbocycles. The highest BCUT2D eigenvalue weighted by Gasteiger charge is 2.12. The second-order valence-corrected chi connectivity index (χ2v) is 8.33. The highest BCUT2D eigenvalue weighted by atomic mass is 16.6. The van der Waals surface area contributed by atoms with Crippen LogP contribution in [0.1, 0.15) is 126 Å². The van der Waals surface area contributed by atoms with Crippen LogP contribution in [0.5, 0.6) is 0 Å². The molecule has 0 aliphatic rings. The maximum Gasteiger partial charge on any atom is 0.345 e. The first-order valence-electron chi connectivity index (χ1n) is 11.9. The fourth-order valence-corrected chi connectivity index (χ4v) is 3.54. The normalized spacial score (nSPS) is 10.8. The summed E-state index contributed by atoms with van der Waals surface area (Å²) in [6, 6.07) is 7.07. The Bertz CT molecular complexity index is 548. The van der Waals surface area contributed by atoms with Gasteiger partial charge >= 0.3 is 11.9 Å². The van der Waals surface area contributed by atoms with Gasteiger partial charge in [-0.05, 0) is 25.5 Å². The van der Waals surface area contributed by atoms with Crippen molar-refractivity contribution in [2.45, 2.75) is 117 Å². The van der Waals surface area contributed by atoms with Gasteiger partial charge in [0.15, 0.2) is 0 Å². The number of hydrogen-bond acceptors (Lipinski definition) is 3. The maximum absolute atomic E-state index is 11.9. The minimum atomic E-state index is -0.545. The van der Waals surface area contributed by atoms with Crippen LogP contribution >= 0.6 is 0 Å². The number of carbonyl (C=O) groups is 2. The van der Waals surface area contributed by atoms with E-state index in [2.05, 4.69) is 6.92 Å². The smallest absolute Gasteiger partial charge is 0.345 e. The predicted molar refractivity (Wildman–Crippen MR) is 121 cm³/mol. The van der Waals surface area contributed by atoms with Gasteiger partial charge in [-0.15, -0.1) is 0 Å². The molecule has 0 N–H and O–H groups in total. The number of unbranched alkanes of at least 4 members (excludes halogenated alkanes) is 14. The molecule has 164 valence electrons. The van der Waals surface area contributed by atoms with Gasteiger partial charge < -0.3 is 4.74 Å². The summed E-state index contributed by atoms with van der Waals surface area (Å²) < 4.78 is 4.92. The maximum atomic E-state index is 11.9. The molecule has 0 saturated heterocycles. The van der Waals surface area contributed by atoms with E-state index in [0.29, 0.717) is 12.0 Å². The zero-order valence-electron chi connectivity index (χ0n) is 18.8. The zero-order chi connectivity index (χ0) is 21.2. The Hall–Kier alpha value is -1.64. The number of aryl methyl sites for hydroxylation is 1. The summed E-state index contributed by atoms with van der Waals surface area (Å²) in [5, 5.41) is 0. The predicted octanol–water partition coefficient (Wildman–Crippen LogP) is 7.94. The molecule has 3 nitrogen and oxygen atoms in total. The largest absolute Gasteiger partial charge is 0.389 e. The zero-order valence-corrected chi connectivity index (χ0v) is 18.8. The Kier molecular flexibility index (Phi) is 15.1. The molecular formula is C26H42O3. The van der Waals surface area contributed by atoms with E-state index < -0.39 is 11.9 Å². The first-order chi connectivity index (χ1) is 14.1. The number of carbonyl (C=O) groups excluding carboxylic acids is 2. The average molecular weight is 403 g/mol. The van der Waals surface area contributed by atoms with Gasteiger partial charge in [-0.3, -0.25) is 4.79 Å². The average Bonchev–Trinajstić information content (AvgIpc) is 2.71. The third-order valence-corrected chi connectivity index (χ3v) is 5.48. The van der Waals surface area contributed by atoms with Crippen molar-refractivity contribution in [1.29, 1.82) is 0 Å². The summed E-state index contributed by atoms with van der Waals surface area (Å²) in [5.41, 5.74) is 1.51. The van der Waals surface area contributed by atoms with Crippen LogP contribution in [0.2, 0.25) is 0 Å². The summed E-state index contributed by atoms with van der Waals surface area (Å²) >= 11 is 0. The summed E-state index contributed by atoms with van der Waals surface area (Å²) in [4.78, 5) is 23.7. The second-order valence-electron chi connectivity index (χ2n) is 8.33. The highest BCUT2D eigenvalue weighted by Crippen LogP contribution is 2.14. The van der Waals surface area contributed by atoms with Crippen LogP contribution in [-0.2, 0) is 9.53 Å². The molecule has 0 heterocycles. The van der Waals surface area contributed by atoms with Crippen LogP contribution in [0.4, 0.5) is 0 Å². The van der Waals surface area contributed by atoms with Gasteiger partial charge in [-0.25, -0.2) is 4.79 Å². The fraction of sp³-hybridized carbons (Fsp3) is 0.692. The number of rotatable bonds is 17. The van der Waals surface area contributed by atoms with E-state index in [0.717, 1.165) is 24.8 Å². The monoisotopic (exact) mass is 402 g/mol. The SMILES string of the molecule is CCCCCCCCCCCCCCCCCC(=O)OC(=O)c1ccc(C)cc1. The number of hydrogen-bond donors (Lipinski definition) is 0. The molecule has 29 heavy (non-hydrogen) atoms. The van der Waals surface area contributed by atoms with Crippen molar-refractivity contribution in [3.8, 4) is 0 Å². The van der Waals surface area contributed by atoms with Crippen molar-refractivity contribution in [2.24, 2.45) is 0 Å². The molecule has 0 bridgehead atoms. The Morgan fingerprint density at radius 1 is 0.655 bits per heavy atom. The fourth-order valence-electron chi connectivity index (χ4n) is 3.54. The van der Waals surface area contributed by atoms with Crippen LogP contribution in [0, 0.1) is 6.92 Å². The van der Waals surface area contributed by atoms with E-state index in [1.54, 1.807) is 12.1 Å². The lowest BCUT2D eigenvalue weighted by Crippen LogP contribution is -2.12. The van der Waals surface area contributed by atoms with E-state index in [9.17, 15) is 9.59 Å². The molecule has 1 rings (SSSR count). The van der Waals surface area contributed by atoms with Crippen molar-refractivity contribution in [2.75, 3.05) is 0 Å².